The summed E-state index contributed by atoms with van der Waals surface area (Å²) in [5, 5.41) is 52.8. The summed E-state index contributed by atoms with van der Waals surface area (Å²) in [6.45, 7) is 1.04. The van der Waals surface area contributed by atoms with E-state index in [4.69, 9.17) is 9.62 Å². The van der Waals surface area contributed by atoms with E-state index in [0.717, 1.165) is 24.1 Å². The lowest BCUT2D eigenvalue weighted by Gasteiger charge is -2.27. The van der Waals surface area contributed by atoms with Gasteiger partial charge in [0.15, 0.2) is 0 Å². The van der Waals surface area contributed by atoms with Crippen LogP contribution in [0.25, 0.3) is 0 Å². The zero-order chi connectivity index (χ0) is 32.9. The van der Waals surface area contributed by atoms with Crippen LogP contribution in [0.3, 0.4) is 0 Å². The standard InChI is InChI=1S/C23H28N2O20/c1-23(15-33-22(29)17-7-9-18(10-8-17)25(30)31,16-34-36-38-40-42-44-45-43-41-39-37-35-32-2)14-19(26)6-4-3-5-13-24-20(27)11-12-21(24)28/h7-12H,3-6,13-16H2,1-2H3. The fourth-order valence-corrected chi connectivity index (χ4v) is 3.49. The number of amides is 2. The maximum Gasteiger partial charge on any atom is 0.338 e. The van der Waals surface area contributed by atoms with E-state index in [2.05, 4.69) is 60.3 Å². The topological polar surface area (TPSA) is 244 Å². The molecule has 45 heavy (non-hydrogen) atoms. The van der Waals surface area contributed by atoms with Gasteiger partial charge in [0.05, 0.1) is 30.8 Å². The number of nitro benzene ring substituents is 1. The van der Waals surface area contributed by atoms with Gasteiger partial charge in [0, 0.05) is 49.1 Å². The second kappa shape index (κ2) is 21.0. The predicted molar refractivity (Wildman–Crippen MR) is 130 cm³/mol. The number of rotatable bonds is 26. The summed E-state index contributed by atoms with van der Waals surface area (Å²) in [7, 11) is 1.09. The minimum Gasteiger partial charge on any atom is -0.461 e. The molecule has 0 N–H and O–H groups in total. The molecule has 22 heteroatoms. The number of carbonyl (C=O) groups excluding carboxylic acids is 4. The highest BCUT2D eigenvalue weighted by Gasteiger charge is 2.31. The van der Waals surface area contributed by atoms with E-state index in [1.807, 2.05) is 0 Å². The smallest absolute Gasteiger partial charge is 0.338 e. The molecular weight excluding hydrogens is 624 g/mol. The summed E-state index contributed by atoms with van der Waals surface area (Å²) in [5.41, 5.74) is -1.36. The van der Waals surface area contributed by atoms with Gasteiger partial charge in [0.2, 0.25) is 0 Å². The van der Waals surface area contributed by atoms with Crippen molar-refractivity contribution in [3.63, 3.8) is 0 Å². The molecule has 2 amide bonds. The Morgan fingerprint density at radius 3 is 1.91 bits per heavy atom. The Kier molecular flexibility index (Phi) is 17.4. The first-order valence-corrected chi connectivity index (χ1v) is 12.6. The molecule has 1 heterocycles. The zero-order valence-corrected chi connectivity index (χ0v) is 23.7. The van der Waals surface area contributed by atoms with E-state index in [1.54, 1.807) is 6.92 Å². The molecule has 0 aliphatic carbocycles. The van der Waals surface area contributed by atoms with Crippen molar-refractivity contribution < 1.29 is 94.0 Å². The number of hydrogen-bond acceptors (Lipinski definition) is 20. The maximum absolute atomic E-state index is 12.7. The van der Waals surface area contributed by atoms with Crippen LogP contribution in [-0.4, -0.2) is 60.3 Å². The van der Waals surface area contributed by atoms with Gasteiger partial charge in [-0.15, -0.1) is 0 Å². The van der Waals surface area contributed by atoms with E-state index in [-0.39, 0.29) is 54.8 Å². The van der Waals surface area contributed by atoms with Gasteiger partial charge in [-0.3, -0.25) is 29.4 Å². The van der Waals surface area contributed by atoms with E-state index in [1.165, 1.54) is 24.3 Å². The van der Waals surface area contributed by atoms with Crippen LogP contribution >= 0.6 is 0 Å². The quantitative estimate of drug-likeness (QED) is 0.0347. The number of esters is 1. The van der Waals surface area contributed by atoms with Crippen molar-refractivity contribution in [1.82, 2.24) is 4.90 Å². The van der Waals surface area contributed by atoms with Gasteiger partial charge >= 0.3 is 5.97 Å². The third-order valence-electron chi connectivity index (χ3n) is 5.53. The fraction of sp³-hybridized carbons (Fsp3) is 0.478. The molecule has 2 rings (SSSR count). The summed E-state index contributed by atoms with van der Waals surface area (Å²) < 4.78 is 5.31. The first kappa shape index (κ1) is 37.3. The third-order valence-corrected chi connectivity index (χ3v) is 5.53. The van der Waals surface area contributed by atoms with E-state index >= 15 is 0 Å². The molecule has 0 saturated carbocycles. The summed E-state index contributed by atoms with van der Waals surface area (Å²) in [4.78, 5) is 68.6. The molecule has 0 fully saturated rings. The van der Waals surface area contributed by atoms with Crippen LogP contribution in [-0.2, 0) is 84.3 Å². The second-order valence-corrected chi connectivity index (χ2v) is 9.06. The molecule has 0 spiro atoms. The minimum absolute atomic E-state index is 0.0319. The van der Waals surface area contributed by atoms with Gasteiger partial charge in [-0.1, -0.05) is 13.3 Å². The number of ether oxygens (including phenoxy) is 1. The van der Waals surface area contributed by atoms with E-state index in [9.17, 15) is 29.3 Å². The van der Waals surface area contributed by atoms with Crippen LogP contribution in [0.5, 0.6) is 0 Å². The third kappa shape index (κ3) is 15.1. The Hall–Kier alpha value is -3.88. The number of benzene rings is 1. The normalized spacial score (nSPS) is 14.1. The molecule has 0 saturated heterocycles. The number of imide groups is 1. The van der Waals surface area contributed by atoms with Crippen molar-refractivity contribution in [2.24, 2.45) is 5.41 Å². The van der Waals surface area contributed by atoms with Crippen LogP contribution < -0.4 is 0 Å². The number of nitro groups is 1. The van der Waals surface area contributed by atoms with Crippen molar-refractivity contribution in [2.75, 3.05) is 26.9 Å². The molecule has 250 valence electrons. The molecule has 0 aromatic heterocycles. The minimum atomic E-state index is -1.17. The Bertz CT molecular complexity index is 1110. The largest absolute Gasteiger partial charge is 0.461 e. The van der Waals surface area contributed by atoms with Crippen molar-refractivity contribution in [1.29, 1.82) is 0 Å². The number of ketones is 1. The van der Waals surface area contributed by atoms with Gasteiger partial charge < -0.3 is 4.74 Å². The van der Waals surface area contributed by atoms with Gasteiger partial charge in [-0.2, -0.15) is 0 Å². The molecule has 0 radical (unpaired) electrons. The second-order valence-electron chi connectivity index (χ2n) is 9.06. The molecule has 0 bridgehead atoms. The van der Waals surface area contributed by atoms with Gasteiger partial charge in [-0.05, 0) is 80.4 Å². The summed E-state index contributed by atoms with van der Waals surface area (Å²) in [5.74, 6) is -1.80. The molecule has 1 aromatic carbocycles. The fourth-order valence-electron chi connectivity index (χ4n) is 3.49. The summed E-state index contributed by atoms with van der Waals surface area (Å²) in [6, 6.07) is 4.70. The summed E-state index contributed by atoms with van der Waals surface area (Å²) in [6.07, 6.45) is 3.91. The monoisotopic (exact) mass is 652 g/mol. The Morgan fingerprint density at radius 1 is 0.800 bits per heavy atom. The van der Waals surface area contributed by atoms with Gasteiger partial charge in [0.25, 0.3) is 17.5 Å². The molecular formula is C23H28N2O20. The molecule has 1 aliphatic heterocycles. The maximum atomic E-state index is 12.7. The number of non-ortho nitro benzene ring substituents is 1. The Balaban J connectivity index is 1.76. The van der Waals surface area contributed by atoms with E-state index < -0.39 is 22.9 Å². The number of nitrogens with zero attached hydrogens (tertiary/aromatic N) is 2. The molecule has 1 atom stereocenters. The molecule has 1 aliphatic rings. The van der Waals surface area contributed by atoms with Crippen molar-refractivity contribution in [2.45, 2.75) is 39.0 Å². The lowest BCUT2D eigenvalue weighted by molar-refractivity contribution is -0.869. The van der Waals surface area contributed by atoms with Crippen molar-refractivity contribution >= 4 is 29.3 Å². The first-order chi connectivity index (χ1) is 21.6. The van der Waals surface area contributed by atoms with Crippen LogP contribution in [0.4, 0.5) is 5.69 Å². The van der Waals surface area contributed by atoms with Gasteiger partial charge in [-0.25, -0.2) is 14.6 Å². The van der Waals surface area contributed by atoms with Gasteiger partial charge in [0.1, 0.15) is 5.78 Å². The van der Waals surface area contributed by atoms with Crippen LogP contribution in [0.15, 0.2) is 36.4 Å². The Morgan fingerprint density at radius 2 is 1.36 bits per heavy atom. The average Bonchev–Trinajstić information content (AvgIpc) is 3.34. The highest BCUT2D eigenvalue weighted by molar-refractivity contribution is 6.12. The Labute approximate surface area is 252 Å². The highest BCUT2D eigenvalue weighted by atomic mass is 18.0. The van der Waals surface area contributed by atoms with Crippen LogP contribution in [0.1, 0.15) is 49.4 Å². The average molecular weight is 652 g/mol. The lowest BCUT2D eigenvalue weighted by atomic mass is 9.85. The van der Waals surface area contributed by atoms with Crippen LogP contribution in [0, 0.1) is 15.5 Å². The SMILES string of the molecule is COOOOOOOOOOOOOCC(C)(COC(=O)c1ccc([N+](=O)[O-])cc1)CC(=O)CCCCCN1C(=O)C=CC1=O. The molecule has 1 aromatic rings. The number of hydrogen-bond donors (Lipinski definition) is 0. The van der Waals surface area contributed by atoms with Crippen molar-refractivity contribution in [3.8, 4) is 0 Å². The number of Topliss-reactive ketones (excluding diaryl/α,β-unsaturated/α-hetero) is 1. The molecule has 22 nitrogen and oxygen atoms in total. The zero-order valence-electron chi connectivity index (χ0n) is 23.7. The van der Waals surface area contributed by atoms with Crippen LogP contribution in [0.2, 0.25) is 0 Å². The van der Waals surface area contributed by atoms with Crippen molar-refractivity contribution in [3.05, 3.63) is 52.1 Å². The lowest BCUT2D eigenvalue weighted by Crippen LogP contribution is -2.33. The highest BCUT2D eigenvalue weighted by Crippen LogP contribution is 2.26. The molecule has 1 unspecified atom stereocenters. The first-order valence-electron chi connectivity index (χ1n) is 12.6. The predicted octanol–water partition coefficient (Wildman–Crippen LogP) is 2.03. The summed E-state index contributed by atoms with van der Waals surface area (Å²) >= 11 is 0. The number of carbonyl (C=O) groups is 4. The number of unbranched alkanes of at least 4 members (excludes halogenated alkanes) is 2. The van der Waals surface area contributed by atoms with E-state index in [0.29, 0.717) is 19.3 Å².